The van der Waals surface area contributed by atoms with Crippen molar-refractivity contribution in [2.75, 3.05) is 6.61 Å². The highest BCUT2D eigenvalue weighted by Gasteiger charge is 2.49. The molecule has 168 valence electrons. The number of carboxylic acids is 2. The molecular formula is C23H22O9. The number of rotatable bonds is 9. The molecule has 4 atom stereocenters. The Hall–Kier alpha value is -3.72. The van der Waals surface area contributed by atoms with E-state index in [4.69, 9.17) is 14.2 Å². The van der Waals surface area contributed by atoms with Crippen LogP contribution in [-0.4, -0.2) is 59.0 Å². The van der Waals surface area contributed by atoms with Gasteiger partial charge in [-0.3, -0.25) is 9.59 Å². The van der Waals surface area contributed by atoms with Crippen LogP contribution in [0.5, 0.6) is 0 Å². The molecule has 1 unspecified atom stereocenters. The van der Waals surface area contributed by atoms with Gasteiger partial charge in [0.2, 0.25) is 0 Å². The minimum Gasteiger partial charge on any atom is -0.481 e. The minimum atomic E-state index is -1.20. The van der Waals surface area contributed by atoms with Crippen LogP contribution in [0.3, 0.4) is 0 Å². The number of hydrogen-bond acceptors (Lipinski definition) is 7. The zero-order valence-corrected chi connectivity index (χ0v) is 17.0. The second kappa shape index (κ2) is 10.5. The highest BCUT2D eigenvalue weighted by molar-refractivity contribution is 5.90. The summed E-state index contributed by atoms with van der Waals surface area (Å²) in [4.78, 5) is 47.6. The first kappa shape index (κ1) is 23.0. The fourth-order valence-electron chi connectivity index (χ4n) is 3.59. The van der Waals surface area contributed by atoms with Gasteiger partial charge in [-0.2, -0.15) is 0 Å². The van der Waals surface area contributed by atoms with E-state index in [1.807, 2.05) is 0 Å². The van der Waals surface area contributed by atoms with E-state index in [2.05, 4.69) is 0 Å². The van der Waals surface area contributed by atoms with Crippen molar-refractivity contribution in [3.05, 3.63) is 71.8 Å². The fraction of sp³-hybridized carbons (Fsp3) is 0.304. The Labute approximate surface area is 183 Å². The Morgan fingerprint density at radius 1 is 0.750 bits per heavy atom. The number of hydrogen-bond donors (Lipinski definition) is 2. The van der Waals surface area contributed by atoms with Crippen LogP contribution in [-0.2, 0) is 23.8 Å². The van der Waals surface area contributed by atoms with Crippen molar-refractivity contribution in [2.45, 2.75) is 31.2 Å². The molecule has 2 N–H and O–H groups in total. The first-order chi connectivity index (χ1) is 15.3. The molecule has 9 nitrogen and oxygen atoms in total. The first-order valence-electron chi connectivity index (χ1n) is 9.92. The highest BCUT2D eigenvalue weighted by atomic mass is 16.6. The van der Waals surface area contributed by atoms with Crippen LogP contribution in [0.1, 0.15) is 33.6 Å². The van der Waals surface area contributed by atoms with Gasteiger partial charge in [0.15, 0.2) is 0 Å². The van der Waals surface area contributed by atoms with Crippen molar-refractivity contribution in [3.8, 4) is 0 Å². The molecule has 1 fully saturated rings. The van der Waals surface area contributed by atoms with Gasteiger partial charge in [0.1, 0.15) is 18.8 Å². The lowest BCUT2D eigenvalue weighted by atomic mass is 9.91. The van der Waals surface area contributed by atoms with Crippen LogP contribution in [0.25, 0.3) is 0 Å². The molecule has 1 aliphatic heterocycles. The molecule has 0 bridgehead atoms. The zero-order chi connectivity index (χ0) is 23.1. The maximum absolute atomic E-state index is 12.6. The number of ether oxygens (including phenoxy) is 3. The predicted molar refractivity (Wildman–Crippen MR) is 109 cm³/mol. The molecule has 0 aromatic heterocycles. The summed E-state index contributed by atoms with van der Waals surface area (Å²) in [5.74, 6) is -4.68. The lowest BCUT2D eigenvalue weighted by Gasteiger charge is -2.23. The molecule has 0 amide bonds. The standard InChI is InChI=1S/C23H22O9/c24-19(25)11-16-17(12-20(26)27)31-18(13-30-22(28)14-7-3-1-4-8-14)21(16)32-23(29)15-9-5-2-6-10-15/h1-10,16-18,21H,11-13H2,(H,24,25)(H,26,27)/t16-,17?,18-,21+/m1/s1. The van der Waals surface area contributed by atoms with E-state index in [1.54, 1.807) is 48.5 Å². The van der Waals surface area contributed by atoms with Gasteiger partial charge in [-0.25, -0.2) is 9.59 Å². The second-order valence-corrected chi connectivity index (χ2v) is 7.27. The molecule has 32 heavy (non-hydrogen) atoms. The predicted octanol–water partition coefficient (Wildman–Crippen LogP) is 2.40. The number of carboxylic acid groups (broad SMARTS) is 2. The Morgan fingerprint density at radius 3 is 1.81 bits per heavy atom. The molecule has 2 aromatic rings. The van der Waals surface area contributed by atoms with Gasteiger partial charge in [0.05, 0.1) is 30.1 Å². The maximum Gasteiger partial charge on any atom is 0.338 e. The van der Waals surface area contributed by atoms with Gasteiger partial charge in [0.25, 0.3) is 0 Å². The Bertz CT molecular complexity index is 958. The molecule has 2 aromatic carbocycles. The monoisotopic (exact) mass is 442 g/mol. The Morgan fingerprint density at radius 2 is 1.28 bits per heavy atom. The molecule has 1 saturated heterocycles. The average molecular weight is 442 g/mol. The third kappa shape index (κ3) is 5.92. The largest absolute Gasteiger partial charge is 0.481 e. The summed E-state index contributed by atoms with van der Waals surface area (Å²) < 4.78 is 16.6. The van der Waals surface area contributed by atoms with Gasteiger partial charge in [0, 0.05) is 5.92 Å². The van der Waals surface area contributed by atoms with Gasteiger partial charge in [-0.1, -0.05) is 36.4 Å². The SMILES string of the molecule is O=C(O)CC1O[C@H](COC(=O)c2ccccc2)[C@@H](OC(=O)c2ccccc2)[C@@H]1CC(=O)O. The van der Waals surface area contributed by atoms with Gasteiger partial charge >= 0.3 is 23.9 Å². The molecule has 1 heterocycles. The molecule has 0 aliphatic carbocycles. The van der Waals surface area contributed by atoms with E-state index in [0.29, 0.717) is 5.56 Å². The van der Waals surface area contributed by atoms with E-state index in [9.17, 15) is 29.4 Å². The molecule has 0 spiro atoms. The van der Waals surface area contributed by atoms with Crippen molar-refractivity contribution in [1.82, 2.24) is 0 Å². The lowest BCUT2D eigenvalue weighted by Crippen LogP contribution is -2.37. The van der Waals surface area contributed by atoms with E-state index in [-0.39, 0.29) is 12.2 Å². The summed E-state index contributed by atoms with van der Waals surface area (Å²) in [6.07, 6.45) is -4.14. The lowest BCUT2D eigenvalue weighted by molar-refractivity contribution is -0.143. The summed E-state index contributed by atoms with van der Waals surface area (Å²) in [5.41, 5.74) is 0.538. The number of benzene rings is 2. The smallest absolute Gasteiger partial charge is 0.338 e. The van der Waals surface area contributed by atoms with Gasteiger partial charge in [-0.15, -0.1) is 0 Å². The maximum atomic E-state index is 12.6. The Kier molecular flexibility index (Phi) is 7.56. The fourth-order valence-corrected chi connectivity index (χ4v) is 3.59. The summed E-state index contributed by atoms with van der Waals surface area (Å²) in [5, 5.41) is 18.5. The van der Waals surface area contributed by atoms with Crippen LogP contribution in [0, 0.1) is 5.92 Å². The van der Waals surface area contributed by atoms with Crippen molar-refractivity contribution >= 4 is 23.9 Å². The molecule has 1 aliphatic rings. The molecule has 3 rings (SSSR count). The zero-order valence-electron chi connectivity index (χ0n) is 17.0. The number of carbonyl (C=O) groups is 4. The number of esters is 2. The van der Waals surface area contributed by atoms with Crippen molar-refractivity contribution in [1.29, 1.82) is 0 Å². The third-order valence-electron chi connectivity index (χ3n) is 5.04. The van der Waals surface area contributed by atoms with Crippen molar-refractivity contribution < 1.29 is 43.6 Å². The van der Waals surface area contributed by atoms with Gasteiger partial charge in [-0.05, 0) is 24.3 Å². The van der Waals surface area contributed by atoms with Gasteiger partial charge < -0.3 is 24.4 Å². The topological polar surface area (TPSA) is 136 Å². The Balaban J connectivity index is 1.80. The van der Waals surface area contributed by atoms with Crippen molar-refractivity contribution in [2.24, 2.45) is 5.92 Å². The van der Waals surface area contributed by atoms with Crippen molar-refractivity contribution in [3.63, 3.8) is 0 Å². The van der Waals surface area contributed by atoms with E-state index in [1.165, 1.54) is 12.1 Å². The molecule has 0 radical (unpaired) electrons. The normalized spacial score (nSPS) is 22.1. The summed E-state index contributed by atoms with van der Waals surface area (Å²) in [6.45, 7) is -0.341. The third-order valence-corrected chi connectivity index (χ3v) is 5.04. The van der Waals surface area contributed by atoms with E-state index >= 15 is 0 Å². The number of carbonyl (C=O) groups excluding carboxylic acids is 2. The van der Waals surface area contributed by atoms with Crippen LogP contribution in [0.2, 0.25) is 0 Å². The number of aliphatic carboxylic acids is 2. The molecular weight excluding hydrogens is 420 g/mol. The van der Waals surface area contributed by atoms with Crippen LogP contribution in [0.15, 0.2) is 60.7 Å². The van der Waals surface area contributed by atoms with Crippen LogP contribution in [0.4, 0.5) is 0 Å². The van der Waals surface area contributed by atoms with Crippen LogP contribution < -0.4 is 0 Å². The van der Waals surface area contributed by atoms with E-state index < -0.39 is 60.9 Å². The molecule has 0 saturated carbocycles. The highest BCUT2D eigenvalue weighted by Crippen LogP contribution is 2.35. The second-order valence-electron chi connectivity index (χ2n) is 7.27. The first-order valence-corrected chi connectivity index (χ1v) is 9.92. The quantitative estimate of drug-likeness (QED) is 0.561. The molecule has 9 heteroatoms. The average Bonchev–Trinajstić information content (AvgIpc) is 3.08. The minimum absolute atomic E-state index is 0.239. The van der Waals surface area contributed by atoms with Crippen LogP contribution >= 0.6 is 0 Å². The summed E-state index contributed by atoms with van der Waals surface area (Å²) >= 11 is 0. The summed E-state index contributed by atoms with van der Waals surface area (Å²) in [7, 11) is 0. The summed E-state index contributed by atoms with van der Waals surface area (Å²) in [6, 6.07) is 16.3. The van der Waals surface area contributed by atoms with E-state index in [0.717, 1.165) is 0 Å².